The zero-order valence-corrected chi connectivity index (χ0v) is 12.2. The van der Waals surface area contributed by atoms with E-state index < -0.39 is 5.97 Å². The first-order chi connectivity index (χ1) is 8.53. The Morgan fingerprint density at radius 3 is 2.67 bits per heavy atom. The van der Waals surface area contributed by atoms with Crippen LogP contribution in [0.1, 0.15) is 10.4 Å². The number of hydrogen-bond donors (Lipinski definition) is 1. The minimum absolute atomic E-state index is 0.0865. The largest absolute Gasteiger partial charge is 0.494 e. The Labute approximate surface area is 118 Å². The molecule has 0 saturated carbocycles. The standard InChI is InChI=1S/C11H12BrClN2O3/c1-17-10-7(11(16)18-2)3-6(12)4-8(10)15-9(14)5-13/h3-4H,5H2,1-2H3,(H2,14,15). The van der Waals surface area contributed by atoms with Crippen LogP contribution in [0.3, 0.4) is 0 Å². The van der Waals surface area contributed by atoms with Crippen molar-refractivity contribution in [2.24, 2.45) is 10.7 Å². The predicted octanol–water partition coefficient (Wildman–Crippen LogP) is 2.47. The summed E-state index contributed by atoms with van der Waals surface area (Å²) in [4.78, 5) is 15.7. The number of nitrogens with zero attached hydrogens (tertiary/aromatic N) is 1. The summed E-state index contributed by atoms with van der Waals surface area (Å²) in [5.74, 6) is 0.0829. The fourth-order valence-corrected chi connectivity index (χ4v) is 1.83. The molecule has 0 aliphatic rings. The number of benzene rings is 1. The highest BCUT2D eigenvalue weighted by Gasteiger charge is 2.17. The van der Waals surface area contributed by atoms with Crippen molar-refractivity contribution in [2.75, 3.05) is 20.1 Å². The molecule has 0 spiro atoms. The second kappa shape index (κ2) is 6.61. The van der Waals surface area contributed by atoms with Crippen molar-refractivity contribution < 1.29 is 14.3 Å². The van der Waals surface area contributed by atoms with Gasteiger partial charge in [-0.2, -0.15) is 0 Å². The smallest absolute Gasteiger partial charge is 0.341 e. The highest BCUT2D eigenvalue weighted by molar-refractivity contribution is 9.10. The average Bonchev–Trinajstić information content (AvgIpc) is 2.36. The van der Waals surface area contributed by atoms with Crippen molar-refractivity contribution in [2.45, 2.75) is 0 Å². The summed E-state index contributed by atoms with van der Waals surface area (Å²) in [6.45, 7) is 0. The average molecular weight is 336 g/mol. The van der Waals surface area contributed by atoms with Crippen LogP contribution in [0.25, 0.3) is 0 Å². The zero-order chi connectivity index (χ0) is 13.7. The maximum atomic E-state index is 11.6. The minimum atomic E-state index is -0.519. The van der Waals surface area contributed by atoms with E-state index in [1.807, 2.05) is 0 Å². The number of nitrogens with two attached hydrogens (primary N) is 1. The van der Waals surface area contributed by atoms with E-state index in [1.165, 1.54) is 14.2 Å². The molecule has 7 heteroatoms. The molecule has 0 saturated heterocycles. The number of aliphatic imine (C=N–C) groups is 1. The van der Waals surface area contributed by atoms with Crippen LogP contribution in [0.4, 0.5) is 5.69 Å². The maximum Gasteiger partial charge on any atom is 0.341 e. The van der Waals surface area contributed by atoms with Crippen LogP contribution in [0.2, 0.25) is 0 Å². The third-order valence-corrected chi connectivity index (χ3v) is 2.78. The van der Waals surface area contributed by atoms with Gasteiger partial charge in [-0.25, -0.2) is 9.79 Å². The Balaban J connectivity index is 3.42. The lowest BCUT2D eigenvalue weighted by Gasteiger charge is -2.10. The molecule has 0 bridgehead atoms. The van der Waals surface area contributed by atoms with Gasteiger partial charge in [-0.05, 0) is 12.1 Å². The Morgan fingerprint density at radius 1 is 1.50 bits per heavy atom. The van der Waals surface area contributed by atoms with Crippen molar-refractivity contribution in [3.05, 3.63) is 22.2 Å². The van der Waals surface area contributed by atoms with Gasteiger partial charge in [-0.15, -0.1) is 11.6 Å². The lowest BCUT2D eigenvalue weighted by Crippen LogP contribution is -2.12. The number of carbonyl (C=O) groups is 1. The summed E-state index contributed by atoms with van der Waals surface area (Å²) in [7, 11) is 2.73. The Kier molecular flexibility index (Phi) is 5.43. The van der Waals surface area contributed by atoms with Crippen molar-refractivity contribution in [1.29, 1.82) is 0 Å². The fraction of sp³-hybridized carbons (Fsp3) is 0.273. The molecule has 0 radical (unpaired) electrons. The Hall–Kier alpha value is -1.27. The van der Waals surface area contributed by atoms with Gasteiger partial charge in [-0.1, -0.05) is 15.9 Å². The number of rotatable bonds is 4. The molecule has 0 aromatic heterocycles. The molecule has 0 aliphatic carbocycles. The first-order valence-electron chi connectivity index (χ1n) is 4.88. The molecule has 0 unspecified atom stereocenters. The maximum absolute atomic E-state index is 11.6. The van der Waals surface area contributed by atoms with Gasteiger partial charge in [0, 0.05) is 4.47 Å². The Morgan fingerprint density at radius 2 is 2.17 bits per heavy atom. The summed E-state index contributed by atoms with van der Waals surface area (Å²) in [6, 6.07) is 3.26. The van der Waals surface area contributed by atoms with Gasteiger partial charge in [0.2, 0.25) is 0 Å². The van der Waals surface area contributed by atoms with Gasteiger partial charge in [0.1, 0.15) is 17.1 Å². The van der Waals surface area contributed by atoms with Gasteiger partial charge >= 0.3 is 5.97 Å². The number of alkyl halides is 1. The van der Waals surface area contributed by atoms with Gasteiger partial charge in [0.05, 0.1) is 20.1 Å². The minimum Gasteiger partial charge on any atom is -0.494 e. The first kappa shape index (κ1) is 14.8. The molecule has 98 valence electrons. The number of esters is 1. The van der Waals surface area contributed by atoms with Gasteiger partial charge in [0.15, 0.2) is 5.75 Å². The van der Waals surface area contributed by atoms with E-state index in [0.29, 0.717) is 10.2 Å². The lowest BCUT2D eigenvalue weighted by molar-refractivity contribution is 0.0597. The van der Waals surface area contributed by atoms with Crippen molar-refractivity contribution in [1.82, 2.24) is 0 Å². The second-order valence-corrected chi connectivity index (χ2v) is 4.42. The molecule has 1 rings (SSSR count). The highest BCUT2D eigenvalue weighted by Crippen LogP contribution is 2.35. The monoisotopic (exact) mass is 334 g/mol. The molecule has 1 aromatic carbocycles. The second-order valence-electron chi connectivity index (χ2n) is 3.23. The topological polar surface area (TPSA) is 73.9 Å². The summed E-state index contributed by atoms with van der Waals surface area (Å²) < 4.78 is 10.5. The van der Waals surface area contributed by atoms with E-state index in [-0.39, 0.29) is 23.0 Å². The first-order valence-corrected chi connectivity index (χ1v) is 6.21. The molecule has 1 aromatic rings. The third-order valence-electron chi connectivity index (χ3n) is 2.04. The van der Waals surface area contributed by atoms with E-state index >= 15 is 0 Å². The lowest BCUT2D eigenvalue weighted by atomic mass is 10.1. The SMILES string of the molecule is COC(=O)c1cc(Br)cc(N=C(N)CCl)c1OC. The molecule has 0 fully saturated rings. The number of amidine groups is 1. The number of ether oxygens (including phenoxy) is 2. The number of methoxy groups -OCH3 is 2. The van der Waals surface area contributed by atoms with Gasteiger partial charge in [0.25, 0.3) is 0 Å². The van der Waals surface area contributed by atoms with E-state index in [9.17, 15) is 4.79 Å². The highest BCUT2D eigenvalue weighted by atomic mass is 79.9. The van der Waals surface area contributed by atoms with E-state index in [1.54, 1.807) is 12.1 Å². The van der Waals surface area contributed by atoms with Gasteiger partial charge < -0.3 is 15.2 Å². The van der Waals surface area contributed by atoms with Crippen LogP contribution in [0.15, 0.2) is 21.6 Å². The van der Waals surface area contributed by atoms with Crippen LogP contribution in [0, 0.1) is 0 Å². The Bertz CT molecular complexity index is 491. The van der Waals surface area contributed by atoms with Crippen LogP contribution in [-0.2, 0) is 4.74 Å². The summed E-state index contributed by atoms with van der Waals surface area (Å²) in [5, 5.41) is 0. The fourth-order valence-electron chi connectivity index (χ4n) is 1.32. The molecule has 0 aliphatic heterocycles. The molecular weight excluding hydrogens is 323 g/mol. The molecule has 0 heterocycles. The van der Waals surface area contributed by atoms with Gasteiger partial charge in [-0.3, -0.25) is 0 Å². The molecule has 18 heavy (non-hydrogen) atoms. The zero-order valence-electron chi connectivity index (χ0n) is 9.87. The summed E-state index contributed by atoms with van der Waals surface area (Å²) in [5.41, 5.74) is 6.24. The van der Waals surface area contributed by atoms with E-state index in [4.69, 9.17) is 22.1 Å². The van der Waals surface area contributed by atoms with Crippen molar-refractivity contribution in [3.63, 3.8) is 0 Å². The van der Waals surface area contributed by atoms with E-state index in [2.05, 4.69) is 25.7 Å². The number of hydrogen-bond acceptors (Lipinski definition) is 4. The molecule has 5 nitrogen and oxygen atoms in total. The predicted molar refractivity (Wildman–Crippen MR) is 74.0 cm³/mol. The van der Waals surface area contributed by atoms with Crippen LogP contribution >= 0.6 is 27.5 Å². The van der Waals surface area contributed by atoms with Crippen molar-refractivity contribution >= 4 is 45.0 Å². The number of halogens is 2. The quantitative estimate of drug-likeness (QED) is 0.397. The molecular formula is C11H12BrClN2O3. The summed E-state index contributed by atoms with van der Waals surface area (Å²) >= 11 is 8.85. The summed E-state index contributed by atoms with van der Waals surface area (Å²) in [6.07, 6.45) is 0. The third kappa shape index (κ3) is 3.36. The normalized spacial score (nSPS) is 11.2. The van der Waals surface area contributed by atoms with Crippen LogP contribution < -0.4 is 10.5 Å². The van der Waals surface area contributed by atoms with Crippen molar-refractivity contribution in [3.8, 4) is 5.75 Å². The number of carbonyl (C=O) groups excluding carboxylic acids is 1. The van der Waals surface area contributed by atoms with Crippen LogP contribution in [0.5, 0.6) is 5.75 Å². The molecule has 2 N–H and O–H groups in total. The van der Waals surface area contributed by atoms with E-state index in [0.717, 1.165) is 0 Å². The molecule has 0 atom stereocenters. The van der Waals surface area contributed by atoms with Crippen LogP contribution in [-0.4, -0.2) is 31.9 Å². The molecule has 0 amide bonds.